The molecule has 1 amide bonds. The van der Waals surface area contributed by atoms with Crippen molar-refractivity contribution in [2.45, 2.75) is 38.1 Å². The van der Waals surface area contributed by atoms with Crippen LogP contribution >= 0.6 is 24.0 Å². The molecule has 1 saturated carbocycles. The topological polar surface area (TPSA) is 49.8 Å². The van der Waals surface area contributed by atoms with Crippen LogP contribution in [0, 0.1) is 0 Å². The summed E-state index contributed by atoms with van der Waals surface area (Å²) in [7, 11) is 1.57. The van der Waals surface area contributed by atoms with Gasteiger partial charge in [0.15, 0.2) is 0 Å². The van der Waals surface area contributed by atoms with Gasteiger partial charge in [-0.1, -0.05) is 43.2 Å². The standard InChI is InChI=1S/C17H19NO3S2/c1-21-13-7-8-14(19)11(9-13)10-15-16(20)18(17(22)23-15)12-5-3-2-4-6-12/h7-10,12,19H,2-6H2,1H3/b15-10+. The van der Waals surface area contributed by atoms with Crippen LogP contribution in [0.2, 0.25) is 0 Å². The molecular weight excluding hydrogens is 330 g/mol. The van der Waals surface area contributed by atoms with E-state index in [0.29, 0.717) is 20.5 Å². The molecule has 0 aromatic heterocycles. The van der Waals surface area contributed by atoms with E-state index < -0.39 is 0 Å². The summed E-state index contributed by atoms with van der Waals surface area (Å²) >= 11 is 6.72. The van der Waals surface area contributed by atoms with E-state index in [1.165, 1.54) is 18.2 Å². The van der Waals surface area contributed by atoms with Gasteiger partial charge in [0, 0.05) is 11.6 Å². The van der Waals surface area contributed by atoms with E-state index in [1.54, 1.807) is 36.3 Å². The van der Waals surface area contributed by atoms with Crippen molar-refractivity contribution in [2.75, 3.05) is 7.11 Å². The number of ether oxygens (including phenoxy) is 1. The highest BCUT2D eigenvalue weighted by Crippen LogP contribution is 2.38. The van der Waals surface area contributed by atoms with Crippen molar-refractivity contribution in [3.05, 3.63) is 28.7 Å². The van der Waals surface area contributed by atoms with Crippen molar-refractivity contribution in [3.63, 3.8) is 0 Å². The van der Waals surface area contributed by atoms with Gasteiger partial charge < -0.3 is 9.84 Å². The van der Waals surface area contributed by atoms with Crippen LogP contribution in [-0.4, -0.2) is 33.4 Å². The highest BCUT2D eigenvalue weighted by molar-refractivity contribution is 8.26. The Morgan fingerprint density at radius 2 is 2.09 bits per heavy atom. The summed E-state index contributed by atoms with van der Waals surface area (Å²) in [6.07, 6.45) is 7.27. The number of phenols is 1. The van der Waals surface area contributed by atoms with E-state index in [-0.39, 0.29) is 17.7 Å². The molecule has 1 aliphatic carbocycles. The fraction of sp³-hybridized carbons (Fsp3) is 0.412. The van der Waals surface area contributed by atoms with E-state index in [2.05, 4.69) is 0 Å². The first-order chi connectivity index (χ1) is 11.1. The van der Waals surface area contributed by atoms with Crippen LogP contribution in [-0.2, 0) is 4.79 Å². The minimum absolute atomic E-state index is 0.0471. The quantitative estimate of drug-likeness (QED) is 0.662. The summed E-state index contributed by atoms with van der Waals surface area (Å²) in [5.74, 6) is 0.708. The van der Waals surface area contributed by atoms with Crippen molar-refractivity contribution >= 4 is 40.3 Å². The van der Waals surface area contributed by atoms with Gasteiger partial charge in [0.25, 0.3) is 5.91 Å². The second-order valence-electron chi connectivity index (χ2n) is 5.77. The first kappa shape index (κ1) is 16.3. The summed E-state index contributed by atoms with van der Waals surface area (Å²) < 4.78 is 5.79. The van der Waals surface area contributed by atoms with E-state index >= 15 is 0 Å². The van der Waals surface area contributed by atoms with Gasteiger partial charge in [0.2, 0.25) is 0 Å². The second kappa shape index (κ2) is 6.93. The molecule has 3 rings (SSSR count). The predicted octanol–water partition coefficient (Wildman–Crippen LogP) is 3.93. The van der Waals surface area contributed by atoms with Crippen LogP contribution in [0.15, 0.2) is 23.1 Å². The zero-order valence-corrected chi connectivity index (χ0v) is 14.6. The summed E-state index contributed by atoms with van der Waals surface area (Å²) in [6, 6.07) is 5.18. The van der Waals surface area contributed by atoms with Gasteiger partial charge in [-0.15, -0.1) is 0 Å². The SMILES string of the molecule is COc1ccc(O)c(/C=C2/SC(=S)N(C3CCCCC3)C2=O)c1. The number of carbonyl (C=O) groups is 1. The van der Waals surface area contributed by atoms with Crippen LogP contribution in [0.25, 0.3) is 6.08 Å². The van der Waals surface area contributed by atoms with E-state index in [1.807, 2.05) is 0 Å². The maximum Gasteiger partial charge on any atom is 0.266 e. The van der Waals surface area contributed by atoms with Gasteiger partial charge in [0.1, 0.15) is 15.8 Å². The molecule has 1 saturated heterocycles. The van der Waals surface area contributed by atoms with E-state index in [0.717, 1.165) is 25.7 Å². The zero-order valence-electron chi connectivity index (χ0n) is 12.9. The summed E-state index contributed by atoms with van der Waals surface area (Å²) in [6.45, 7) is 0. The number of hydrogen-bond acceptors (Lipinski definition) is 5. The molecule has 2 fully saturated rings. The molecule has 1 aromatic rings. The van der Waals surface area contributed by atoms with Crippen molar-refractivity contribution in [2.24, 2.45) is 0 Å². The fourth-order valence-corrected chi connectivity index (χ4v) is 4.44. The average molecular weight is 349 g/mol. The van der Waals surface area contributed by atoms with Gasteiger partial charge in [-0.3, -0.25) is 9.69 Å². The Morgan fingerprint density at radius 1 is 1.35 bits per heavy atom. The molecule has 0 unspecified atom stereocenters. The number of amides is 1. The van der Waals surface area contributed by atoms with Crippen molar-refractivity contribution in [3.8, 4) is 11.5 Å². The molecule has 1 aromatic carbocycles. The molecule has 122 valence electrons. The lowest BCUT2D eigenvalue weighted by molar-refractivity contribution is -0.124. The number of benzene rings is 1. The molecule has 1 heterocycles. The van der Waals surface area contributed by atoms with Gasteiger partial charge >= 0.3 is 0 Å². The first-order valence-corrected chi connectivity index (χ1v) is 8.96. The third-order valence-electron chi connectivity index (χ3n) is 4.28. The van der Waals surface area contributed by atoms with Crippen LogP contribution < -0.4 is 4.74 Å². The number of nitrogens with zero attached hydrogens (tertiary/aromatic N) is 1. The number of methoxy groups -OCH3 is 1. The molecule has 1 aliphatic heterocycles. The molecule has 0 atom stereocenters. The van der Waals surface area contributed by atoms with Crippen molar-refractivity contribution < 1.29 is 14.6 Å². The van der Waals surface area contributed by atoms with Gasteiger partial charge in [0.05, 0.1) is 12.0 Å². The fourth-order valence-electron chi connectivity index (χ4n) is 3.05. The normalized spacial score (nSPS) is 21.3. The smallest absolute Gasteiger partial charge is 0.266 e. The minimum atomic E-state index is -0.0471. The third-order valence-corrected chi connectivity index (χ3v) is 5.62. The molecule has 6 heteroatoms. The number of thioether (sulfide) groups is 1. The lowest BCUT2D eigenvalue weighted by Gasteiger charge is -2.29. The van der Waals surface area contributed by atoms with E-state index in [4.69, 9.17) is 17.0 Å². The van der Waals surface area contributed by atoms with Gasteiger partial charge in [-0.05, 0) is 37.1 Å². The predicted molar refractivity (Wildman–Crippen MR) is 96.5 cm³/mol. The Labute approximate surface area is 145 Å². The number of aromatic hydroxyl groups is 1. The molecule has 0 bridgehead atoms. The Morgan fingerprint density at radius 3 is 2.78 bits per heavy atom. The molecule has 2 aliphatic rings. The second-order valence-corrected chi connectivity index (χ2v) is 7.44. The lowest BCUT2D eigenvalue weighted by atomic mass is 9.94. The number of phenolic OH excluding ortho intramolecular Hbond substituents is 1. The Kier molecular flexibility index (Phi) is 4.92. The monoisotopic (exact) mass is 349 g/mol. The Balaban J connectivity index is 1.86. The first-order valence-electron chi connectivity index (χ1n) is 7.74. The van der Waals surface area contributed by atoms with Crippen molar-refractivity contribution in [1.29, 1.82) is 0 Å². The van der Waals surface area contributed by atoms with Crippen LogP contribution in [0.4, 0.5) is 0 Å². The summed E-state index contributed by atoms with van der Waals surface area (Å²) in [5.41, 5.74) is 0.563. The molecule has 0 spiro atoms. The highest BCUT2D eigenvalue weighted by atomic mass is 32.2. The zero-order chi connectivity index (χ0) is 16.4. The van der Waals surface area contributed by atoms with Crippen LogP contribution in [0.3, 0.4) is 0 Å². The highest BCUT2D eigenvalue weighted by Gasteiger charge is 2.37. The molecular formula is C17H19NO3S2. The average Bonchev–Trinajstić information content (AvgIpc) is 2.84. The number of thiocarbonyl (C=S) groups is 1. The lowest BCUT2D eigenvalue weighted by Crippen LogP contribution is -2.39. The summed E-state index contributed by atoms with van der Waals surface area (Å²) in [5, 5.41) is 9.99. The molecule has 23 heavy (non-hydrogen) atoms. The van der Waals surface area contributed by atoms with E-state index in [9.17, 15) is 9.90 Å². The van der Waals surface area contributed by atoms with Crippen molar-refractivity contribution in [1.82, 2.24) is 4.90 Å². The molecule has 1 N–H and O–H groups in total. The van der Waals surface area contributed by atoms with Crippen LogP contribution in [0.5, 0.6) is 11.5 Å². The number of rotatable bonds is 3. The maximum atomic E-state index is 12.7. The largest absolute Gasteiger partial charge is 0.507 e. The summed E-state index contributed by atoms with van der Waals surface area (Å²) in [4.78, 5) is 15.0. The Hall–Kier alpha value is -1.53. The Bertz CT molecular complexity index is 666. The number of hydrogen-bond donors (Lipinski definition) is 1. The molecule has 0 radical (unpaired) electrons. The van der Waals surface area contributed by atoms with Crippen LogP contribution in [0.1, 0.15) is 37.7 Å². The van der Waals surface area contributed by atoms with Gasteiger partial charge in [-0.25, -0.2) is 0 Å². The van der Waals surface area contributed by atoms with Gasteiger partial charge in [-0.2, -0.15) is 0 Å². The minimum Gasteiger partial charge on any atom is -0.507 e. The molecule has 4 nitrogen and oxygen atoms in total. The number of carbonyl (C=O) groups excluding carboxylic acids is 1. The maximum absolute atomic E-state index is 12.7. The third kappa shape index (κ3) is 3.38.